The predicted octanol–water partition coefficient (Wildman–Crippen LogP) is 1.72. The van der Waals surface area contributed by atoms with Crippen molar-refractivity contribution >= 4 is 11.6 Å². The van der Waals surface area contributed by atoms with Crippen LogP contribution >= 0.6 is 0 Å². The number of benzene rings is 1. The van der Waals surface area contributed by atoms with Crippen LogP contribution in [-0.4, -0.2) is 40.5 Å². The summed E-state index contributed by atoms with van der Waals surface area (Å²) in [7, 11) is 1.36. The number of aliphatic hydroxyl groups excluding tert-OH is 1. The van der Waals surface area contributed by atoms with Crippen LogP contribution in [0.15, 0.2) is 12.1 Å². The van der Waals surface area contributed by atoms with Gasteiger partial charge in [0, 0.05) is 25.7 Å². The number of hydrogen-bond acceptors (Lipinski definition) is 4. The Balaban J connectivity index is 3.03. The van der Waals surface area contributed by atoms with Crippen molar-refractivity contribution in [3.8, 4) is 0 Å². The molecule has 1 N–H and O–H groups in total. The molecule has 0 bridgehead atoms. The van der Waals surface area contributed by atoms with Crippen LogP contribution in [0.1, 0.15) is 23.7 Å². The number of nitrogens with zero attached hydrogens (tertiary/aromatic N) is 2. The van der Waals surface area contributed by atoms with Gasteiger partial charge in [0.2, 0.25) is 5.82 Å². The van der Waals surface area contributed by atoms with Crippen LogP contribution in [0.5, 0.6) is 0 Å². The Morgan fingerprint density at radius 2 is 2.05 bits per heavy atom. The second-order valence-electron chi connectivity index (χ2n) is 4.40. The van der Waals surface area contributed by atoms with E-state index in [4.69, 9.17) is 5.11 Å². The number of carbonyl (C=O) groups excluding carboxylic acids is 1. The molecular weight excluding hydrogens is 274 g/mol. The third kappa shape index (κ3) is 3.70. The molecule has 0 heterocycles. The standard InChI is InChI=1S/C12H14F2N2O4/c1-7(17)3-4-15(2)12(18)8-5-11(16(19)20)10(14)6-9(8)13/h5-7,17H,3-4H2,1-2H3. The summed E-state index contributed by atoms with van der Waals surface area (Å²) in [5, 5.41) is 19.7. The summed E-state index contributed by atoms with van der Waals surface area (Å²) in [4.78, 5) is 22.6. The van der Waals surface area contributed by atoms with Crippen molar-refractivity contribution in [3.63, 3.8) is 0 Å². The van der Waals surface area contributed by atoms with Crippen LogP contribution in [-0.2, 0) is 0 Å². The normalized spacial score (nSPS) is 12.1. The van der Waals surface area contributed by atoms with Crippen LogP contribution in [0.4, 0.5) is 14.5 Å². The first-order valence-electron chi connectivity index (χ1n) is 5.81. The van der Waals surface area contributed by atoms with Gasteiger partial charge in [0.1, 0.15) is 5.82 Å². The van der Waals surface area contributed by atoms with Crippen molar-refractivity contribution in [2.45, 2.75) is 19.4 Å². The molecule has 1 rings (SSSR count). The maximum absolute atomic E-state index is 13.5. The number of hydrogen-bond donors (Lipinski definition) is 1. The summed E-state index contributed by atoms with van der Waals surface area (Å²) in [5.74, 6) is -3.32. The lowest BCUT2D eigenvalue weighted by molar-refractivity contribution is -0.387. The van der Waals surface area contributed by atoms with Gasteiger partial charge in [-0.2, -0.15) is 4.39 Å². The van der Waals surface area contributed by atoms with Crippen molar-refractivity contribution in [1.29, 1.82) is 0 Å². The molecule has 1 aromatic carbocycles. The SMILES string of the molecule is CC(O)CCN(C)C(=O)c1cc([N+](=O)[O-])c(F)cc1F. The number of rotatable bonds is 5. The average Bonchev–Trinajstić information content (AvgIpc) is 2.34. The highest BCUT2D eigenvalue weighted by atomic mass is 19.1. The topological polar surface area (TPSA) is 83.7 Å². The lowest BCUT2D eigenvalue weighted by Gasteiger charge is -2.18. The van der Waals surface area contributed by atoms with Crippen LogP contribution in [0, 0.1) is 21.7 Å². The monoisotopic (exact) mass is 288 g/mol. The van der Waals surface area contributed by atoms with Gasteiger partial charge in [-0.25, -0.2) is 4.39 Å². The van der Waals surface area contributed by atoms with E-state index in [-0.39, 0.29) is 13.0 Å². The molecule has 0 fully saturated rings. The second kappa shape index (κ2) is 6.38. The Morgan fingerprint density at radius 1 is 1.45 bits per heavy atom. The zero-order chi connectivity index (χ0) is 15.4. The van der Waals surface area contributed by atoms with E-state index in [0.717, 1.165) is 4.90 Å². The van der Waals surface area contributed by atoms with Gasteiger partial charge in [0.05, 0.1) is 16.6 Å². The van der Waals surface area contributed by atoms with Gasteiger partial charge < -0.3 is 10.0 Å². The highest BCUT2D eigenvalue weighted by Gasteiger charge is 2.24. The van der Waals surface area contributed by atoms with Crippen molar-refractivity contribution < 1.29 is 23.6 Å². The van der Waals surface area contributed by atoms with Gasteiger partial charge >= 0.3 is 5.69 Å². The van der Waals surface area contributed by atoms with E-state index in [1.165, 1.54) is 14.0 Å². The number of nitro benzene ring substituents is 1. The fourth-order valence-corrected chi connectivity index (χ4v) is 1.53. The number of halogens is 2. The Labute approximate surface area is 113 Å². The van der Waals surface area contributed by atoms with E-state index >= 15 is 0 Å². The maximum Gasteiger partial charge on any atom is 0.305 e. The number of carbonyl (C=O) groups is 1. The van der Waals surface area contributed by atoms with Gasteiger partial charge in [0.15, 0.2) is 0 Å². The number of aliphatic hydroxyl groups is 1. The van der Waals surface area contributed by atoms with Crippen molar-refractivity contribution in [2.24, 2.45) is 0 Å². The minimum absolute atomic E-state index is 0.140. The highest BCUT2D eigenvalue weighted by Crippen LogP contribution is 2.22. The molecule has 20 heavy (non-hydrogen) atoms. The summed E-state index contributed by atoms with van der Waals surface area (Å²) in [5.41, 5.74) is -1.54. The largest absolute Gasteiger partial charge is 0.393 e. The Morgan fingerprint density at radius 3 is 2.55 bits per heavy atom. The average molecular weight is 288 g/mol. The summed E-state index contributed by atoms with van der Waals surface area (Å²) in [6.45, 7) is 1.67. The molecule has 1 amide bonds. The predicted molar refractivity (Wildman–Crippen MR) is 66.3 cm³/mol. The fourth-order valence-electron chi connectivity index (χ4n) is 1.53. The molecule has 0 saturated heterocycles. The van der Waals surface area contributed by atoms with Gasteiger partial charge in [-0.15, -0.1) is 0 Å². The lowest BCUT2D eigenvalue weighted by atomic mass is 10.1. The summed E-state index contributed by atoms with van der Waals surface area (Å²) < 4.78 is 26.7. The van der Waals surface area contributed by atoms with E-state index in [1.807, 2.05) is 0 Å². The quantitative estimate of drug-likeness (QED) is 0.660. The molecule has 1 atom stereocenters. The zero-order valence-corrected chi connectivity index (χ0v) is 11.0. The van der Waals surface area contributed by atoms with E-state index < -0.39 is 39.8 Å². The third-order valence-electron chi connectivity index (χ3n) is 2.69. The molecule has 0 aliphatic heterocycles. The minimum atomic E-state index is -1.34. The zero-order valence-electron chi connectivity index (χ0n) is 11.0. The molecule has 6 nitrogen and oxygen atoms in total. The second-order valence-corrected chi connectivity index (χ2v) is 4.40. The first-order valence-corrected chi connectivity index (χ1v) is 5.81. The smallest absolute Gasteiger partial charge is 0.305 e. The third-order valence-corrected chi connectivity index (χ3v) is 2.69. The van der Waals surface area contributed by atoms with Gasteiger partial charge in [0.25, 0.3) is 5.91 Å². The number of nitro groups is 1. The van der Waals surface area contributed by atoms with Crippen LogP contribution in [0.25, 0.3) is 0 Å². The maximum atomic E-state index is 13.5. The number of amides is 1. The highest BCUT2D eigenvalue weighted by molar-refractivity contribution is 5.95. The first-order chi connectivity index (χ1) is 9.23. The molecule has 110 valence electrons. The Bertz CT molecular complexity index is 534. The molecule has 0 saturated carbocycles. The molecule has 0 aliphatic carbocycles. The Hall–Kier alpha value is -2.09. The molecule has 0 spiro atoms. The molecule has 1 unspecified atom stereocenters. The van der Waals surface area contributed by atoms with E-state index in [0.29, 0.717) is 12.1 Å². The first kappa shape index (κ1) is 16.0. The van der Waals surface area contributed by atoms with Crippen LogP contribution < -0.4 is 0 Å². The van der Waals surface area contributed by atoms with Gasteiger partial charge in [-0.05, 0) is 13.3 Å². The molecule has 1 aromatic rings. The van der Waals surface area contributed by atoms with Crippen molar-refractivity contribution in [3.05, 3.63) is 39.4 Å². The van der Waals surface area contributed by atoms with Crippen molar-refractivity contribution in [1.82, 2.24) is 4.90 Å². The van der Waals surface area contributed by atoms with Crippen LogP contribution in [0.2, 0.25) is 0 Å². The van der Waals surface area contributed by atoms with E-state index in [9.17, 15) is 23.7 Å². The van der Waals surface area contributed by atoms with Crippen molar-refractivity contribution in [2.75, 3.05) is 13.6 Å². The molecule has 0 aliphatic rings. The molecule has 8 heteroatoms. The fraction of sp³-hybridized carbons (Fsp3) is 0.417. The van der Waals surface area contributed by atoms with E-state index in [1.54, 1.807) is 0 Å². The lowest BCUT2D eigenvalue weighted by Crippen LogP contribution is -2.30. The molecular formula is C12H14F2N2O4. The van der Waals surface area contributed by atoms with E-state index in [2.05, 4.69) is 0 Å². The van der Waals surface area contributed by atoms with Crippen LogP contribution in [0.3, 0.4) is 0 Å². The summed E-state index contributed by atoms with van der Waals surface area (Å²) >= 11 is 0. The summed E-state index contributed by atoms with van der Waals surface area (Å²) in [6.07, 6.45) is -0.370. The molecule has 0 aromatic heterocycles. The van der Waals surface area contributed by atoms with Gasteiger partial charge in [-0.3, -0.25) is 14.9 Å². The van der Waals surface area contributed by atoms with Gasteiger partial charge in [-0.1, -0.05) is 0 Å². The summed E-state index contributed by atoms with van der Waals surface area (Å²) in [6, 6.07) is 0.889. The molecule has 0 radical (unpaired) electrons. The minimum Gasteiger partial charge on any atom is -0.393 e. The Kier molecular flexibility index (Phi) is 5.09.